The number of rotatable bonds is 9. The molecule has 0 radical (unpaired) electrons. The highest BCUT2D eigenvalue weighted by Crippen LogP contribution is 2.27. The van der Waals surface area contributed by atoms with Gasteiger partial charge in [-0.15, -0.1) is 0 Å². The molecule has 1 amide bonds. The number of anilines is 1. The second-order valence-corrected chi connectivity index (χ2v) is 9.74. The zero-order chi connectivity index (χ0) is 23.9. The van der Waals surface area contributed by atoms with Crippen LogP contribution in [0.2, 0.25) is 0 Å². The van der Waals surface area contributed by atoms with Crippen molar-refractivity contribution in [3.8, 4) is 5.75 Å². The van der Waals surface area contributed by atoms with Crippen molar-refractivity contribution in [2.75, 3.05) is 44.6 Å². The van der Waals surface area contributed by atoms with Crippen LogP contribution in [0.25, 0.3) is 10.9 Å². The van der Waals surface area contributed by atoms with E-state index in [0.29, 0.717) is 6.42 Å². The lowest BCUT2D eigenvalue weighted by Gasteiger charge is -2.21. The second kappa shape index (κ2) is 11.6. The molecule has 3 aromatic rings. The van der Waals surface area contributed by atoms with Crippen molar-refractivity contribution in [3.05, 3.63) is 65.9 Å². The van der Waals surface area contributed by atoms with Gasteiger partial charge in [0.25, 0.3) is 0 Å². The van der Waals surface area contributed by atoms with E-state index in [4.69, 9.17) is 9.72 Å². The lowest BCUT2D eigenvalue weighted by Crippen LogP contribution is -2.31. The minimum Gasteiger partial charge on any atom is -0.494 e. The Balaban J connectivity index is 0.986. The van der Waals surface area contributed by atoms with Crippen LogP contribution >= 0.6 is 0 Å². The van der Waals surface area contributed by atoms with E-state index < -0.39 is 0 Å². The van der Waals surface area contributed by atoms with Crippen molar-refractivity contribution in [1.82, 2.24) is 14.8 Å². The highest BCUT2D eigenvalue weighted by atomic mass is 16.5. The molecule has 3 heterocycles. The number of unbranched alkanes of at least 4 members (excludes halogenated alkanes) is 2. The summed E-state index contributed by atoms with van der Waals surface area (Å²) in [6, 6.07) is 18.8. The third kappa shape index (κ3) is 6.59. The minimum absolute atomic E-state index is 0.0941. The molecule has 184 valence electrons. The Bertz CT molecular complexity index is 1150. The molecular weight excluding hydrogens is 436 g/mol. The van der Waals surface area contributed by atoms with E-state index >= 15 is 0 Å². The Hall–Kier alpha value is -2.96. The number of carbonyl (C=O) groups is 1. The third-order valence-corrected chi connectivity index (χ3v) is 7.09. The topological polar surface area (TPSA) is 57.7 Å². The van der Waals surface area contributed by atoms with E-state index in [1.165, 1.54) is 42.5 Å². The zero-order valence-corrected chi connectivity index (χ0v) is 20.5. The first-order chi connectivity index (χ1) is 17.2. The summed E-state index contributed by atoms with van der Waals surface area (Å²) in [7, 11) is 0. The van der Waals surface area contributed by atoms with Crippen LogP contribution in [0.1, 0.15) is 43.4 Å². The standard InChI is InChI=1S/C29H36N4O2/c34-29-14-11-24-10-13-26(21-28(24)31-29)35-20-5-1-4-15-32-16-6-17-33(19-18-32)22-25-12-9-23-7-2-3-8-27(23)30-25/h2-3,7-10,12-13,21H,1,4-6,11,14-20,22H2,(H,31,34). The Morgan fingerprint density at radius 2 is 1.77 bits per heavy atom. The normalized spacial score (nSPS) is 17.1. The first kappa shape index (κ1) is 23.8. The van der Waals surface area contributed by atoms with Crippen molar-refractivity contribution >= 4 is 22.5 Å². The van der Waals surface area contributed by atoms with Crippen molar-refractivity contribution in [2.24, 2.45) is 0 Å². The molecule has 1 fully saturated rings. The van der Waals surface area contributed by atoms with Crippen LogP contribution in [-0.2, 0) is 17.8 Å². The van der Waals surface area contributed by atoms with E-state index in [1.807, 2.05) is 12.1 Å². The predicted octanol–water partition coefficient (Wildman–Crippen LogP) is 4.88. The van der Waals surface area contributed by atoms with Crippen LogP contribution in [0.15, 0.2) is 54.6 Å². The summed E-state index contributed by atoms with van der Waals surface area (Å²) in [6.45, 7) is 7.37. The number of hydrogen-bond donors (Lipinski definition) is 1. The number of amides is 1. The molecule has 2 aliphatic rings. The molecule has 35 heavy (non-hydrogen) atoms. The molecular formula is C29H36N4O2. The Kier molecular flexibility index (Phi) is 7.91. The molecule has 5 rings (SSSR count). The Labute approximate surface area is 208 Å². The molecule has 2 aliphatic heterocycles. The molecule has 0 atom stereocenters. The maximum atomic E-state index is 11.6. The number of fused-ring (bicyclic) bond motifs is 2. The molecule has 2 aromatic carbocycles. The van der Waals surface area contributed by atoms with E-state index in [2.05, 4.69) is 57.6 Å². The molecule has 1 saturated heterocycles. The fourth-order valence-corrected chi connectivity index (χ4v) is 5.08. The van der Waals surface area contributed by atoms with Crippen molar-refractivity contribution < 1.29 is 9.53 Å². The number of benzene rings is 2. The largest absolute Gasteiger partial charge is 0.494 e. The first-order valence-corrected chi connectivity index (χ1v) is 13.1. The number of para-hydroxylation sites is 1. The van der Waals surface area contributed by atoms with Gasteiger partial charge in [0.2, 0.25) is 5.91 Å². The van der Waals surface area contributed by atoms with E-state index in [9.17, 15) is 4.79 Å². The summed E-state index contributed by atoms with van der Waals surface area (Å²) < 4.78 is 5.94. The quantitative estimate of drug-likeness (QED) is 0.450. The average molecular weight is 473 g/mol. The molecule has 0 saturated carbocycles. The van der Waals surface area contributed by atoms with Gasteiger partial charge in [-0.3, -0.25) is 14.7 Å². The van der Waals surface area contributed by atoms with E-state index in [1.54, 1.807) is 0 Å². The number of aromatic nitrogens is 1. The highest BCUT2D eigenvalue weighted by Gasteiger charge is 2.16. The van der Waals surface area contributed by atoms with Crippen LogP contribution in [0.3, 0.4) is 0 Å². The van der Waals surface area contributed by atoms with Gasteiger partial charge in [-0.25, -0.2) is 0 Å². The maximum absolute atomic E-state index is 11.6. The van der Waals surface area contributed by atoms with Crippen molar-refractivity contribution in [3.63, 3.8) is 0 Å². The fourth-order valence-electron chi connectivity index (χ4n) is 5.08. The summed E-state index contributed by atoms with van der Waals surface area (Å²) >= 11 is 0. The number of carbonyl (C=O) groups excluding carboxylic acids is 1. The smallest absolute Gasteiger partial charge is 0.224 e. The lowest BCUT2D eigenvalue weighted by atomic mass is 10.0. The number of pyridine rings is 1. The van der Waals surface area contributed by atoms with Crippen LogP contribution < -0.4 is 10.1 Å². The summed E-state index contributed by atoms with van der Waals surface area (Å²) in [6.07, 6.45) is 6.03. The van der Waals surface area contributed by atoms with Gasteiger partial charge in [0, 0.05) is 43.2 Å². The minimum atomic E-state index is 0.0941. The number of hydrogen-bond acceptors (Lipinski definition) is 5. The lowest BCUT2D eigenvalue weighted by molar-refractivity contribution is -0.116. The number of ether oxygens (including phenoxy) is 1. The van der Waals surface area contributed by atoms with Crippen LogP contribution in [0.4, 0.5) is 5.69 Å². The second-order valence-electron chi connectivity index (χ2n) is 9.74. The molecule has 6 nitrogen and oxygen atoms in total. The molecule has 0 bridgehead atoms. The number of nitrogens with zero attached hydrogens (tertiary/aromatic N) is 3. The monoisotopic (exact) mass is 472 g/mol. The number of aryl methyl sites for hydroxylation is 1. The third-order valence-electron chi connectivity index (χ3n) is 7.09. The summed E-state index contributed by atoms with van der Waals surface area (Å²) in [5.41, 5.74) is 4.36. The van der Waals surface area contributed by atoms with Gasteiger partial charge in [0.05, 0.1) is 17.8 Å². The summed E-state index contributed by atoms with van der Waals surface area (Å²) in [5, 5.41) is 4.15. The number of nitrogens with one attached hydrogen (secondary N) is 1. The molecule has 0 spiro atoms. The van der Waals surface area contributed by atoms with Gasteiger partial charge >= 0.3 is 0 Å². The molecule has 1 N–H and O–H groups in total. The van der Waals surface area contributed by atoms with Crippen LogP contribution in [-0.4, -0.2) is 60.0 Å². The van der Waals surface area contributed by atoms with Crippen LogP contribution in [0, 0.1) is 0 Å². The van der Waals surface area contributed by atoms with Gasteiger partial charge in [-0.2, -0.15) is 0 Å². The summed E-state index contributed by atoms with van der Waals surface area (Å²) in [5.74, 6) is 0.941. The zero-order valence-electron chi connectivity index (χ0n) is 20.5. The van der Waals surface area contributed by atoms with Gasteiger partial charge in [0.1, 0.15) is 5.75 Å². The fraction of sp³-hybridized carbons (Fsp3) is 0.448. The summed E-state index contributed by atoms with van der Waals surface area (Å²) in [4.78, 5) is 21.6. The van der Waals surface area contributed by atoms with Gasteiger partial charge in [-0.1, -0.05) is 30.3 Å². The van der Waals surface area contributed by atoms with E-state index in [-0.39, 0.29) is 5.91 Å². The van der Waals surface area contributed by atoms with Crippen molar-refractivity contribution in [2.45, 2.75) is 45.1 Å². The maximum Gasteiger partial charge on any atom is 0.224 e. The van der Waals surface area contributed by atoms with Crippen molar-refractivity contribution in [1.29, 1.82) is 0 Å². The molecule has 1 aromatic heterocycles. The molecule has 6 heteroatoms. The first-order valence-electron chi connectivity index (χ1n) is 13.1. The van der Waals surface area contributed by atoms with Gasteiger partial charge in [-0.05, 0) is 75.5 Å². The molecule has 0 aliphatic carbocycles. The highest BCUT2D eigenvalue weighted by molar-refractivity contribution is 5.94. The Morgan fingerprint density at radius 3 is 2.74 bits per heavy atom. The predicted molar refractivity (Wildman–Crippen MR) is 141 cm³/mol. The Morgan fingerprint density at radius 1 is 0.886 bits per heavy atom. The van der Waals surface area contributed by atoms with Gasteiger partial charge in [0.15, 0.2) is 0 Å². The van der Waals surface area contributed by atoms with Gasteiger partial charge < -0.3 is 15.0 Å². The average Bonchev–Trinajstić information content (AvgIpc) is 3.10. The molecule has 0 unspecified atom stereocenters. The SMILES string of the molecule is O=C1CCc2ccc(OCCCCCN3CCCN(Cc4ccc5ccccc5n4)CC3)cc2N1. The van der Waals surface area contributed by atoms with E-state index in [0.717, 1.165) is 69.1 Å². The van der Waals surface area contributed by atoms with Crippen LogP contribution in [0.5, 0.6) is 5.75 Å².